The Morgan fingerprint density at radius 2 is 2.00 bits per heavy atom. The summed E-state index contributed by atoms with van der Waals surface area (Å²) < 4.78 is 0. The van der Waals surface area contributed by atoms with E-state index >= 15 is 0 Å². The minimum atomic E-state index is 0.944. The summed E-state index contributed by atoms with van der Waals surface area (Å²) >= 11 is 0. The molecule has 0 aromatic carbocycles. The van der Waals surface area contributed by atoms with E-state index in [1.807, 2.05) is 7.05 Å². The summed E-state index contributed by atoms with van der Waals surface area (Å²) in [6, 6.07) is 0. The second kappa shape index (κ2) is 3.08. The van der Waals surface area contributed by atoms with Gasteiger partial charge in [-0.15, -0.1) is 6.54 Å². The van der Waals surface area contributed by atoms with Gasteiger partial charge in [-0.1, -0.05) is 31.6 Å². The van der Waals surface area contributed by atoms with E-state index in [4.69, 9.17) is 0 Å². The smallest absolute Gasteiger partial charge is 0.0521 e. The standard InChI is InChI=1S/C7H14N/c1-8-6-7-4-2-3-5-7/h7H,2-6H2,1H3/q-1. The van der Waals surface area contributed by atoms with Crippen molar-refractivity contribution in [2.45, 2.75) is 25.7 Å². The van der Waals surface area contributed by atoms with Gasteiger partial charge in [0, 0.05) is 0 Å². The van der Waals surface area contributed by atoms with E-state index in [2.05, 4.69) is 5.32 Å². The molecule has 0 heterocycles. The van der Waals surface area contributed by atoms with Crippen LogP contribution < -0.4 is 0 Å². The van der Waals surface area contributed by atoms with Gasteiger partial charge in [-0.3, -0.25) is 0 Å². The van der Waals surface area contributed by atoms with Gasteiger partial charge >= 0.3 is 0 Å². The molecule has 0 bridgehead atoms. The first-order valence-electron chi connectivity index (χ1n) is 3.49. The second-order valence-electron chi connectivity index (χ2n) is 2.65. The highest BCUT2D eigenvalue weighted by Crippen LogP contribution is 2.25. The number of nitrogens with zero attached hydrogens (tertiary/aromatic N) is 1. The zero-order valence-electron chi connectivity index (χ0n) is 5.56. The lowest BCUT2D eigenvalue weighted by molar-refractivity contribution is 0.587. The third kappa shape index (κ3) is 1.48. The summed E-state index contributed by atoms with van der Waals surface area (Å²) in [6.45, 7) is 1.11. The van der Waals surface area contributed by atoms with Crippen molar-refractivity contribution >= 4 is 0 Å². The molecule has 0 radical (unpaired) electrons. The van der Waals surface area contributed by atoms with E-state index in [1.54, 1.807) is 0 Å². The van der Waals surface area contributed by atoms with Gasteiger partial charge in [-0.05, 0) is 0 Å². The lowest BCUT2D eigenvalue weighted by Gasteiger charge is -2.16. The van der Waals surface area contributed by atoms with Crippen LogP contribution in [0, 0.1) is 5.92 Å². The lowest BCUT2D eigenvalue weighted by atomic mass is 10.1. The van der Waals surface area contributed by atoms with Crippen LogP contribution in [-0.2, 0) is 0 Å². The zero-order chi connectivity index (χ0) is 5.82. The molecule has 1 heteroatoms. The first-order valence-corrected chi connectivity index (χ1v) is 3.49. The van der Waals surface area contributed by atoms with Crippen LogP contribution in [0.2, 0.25) is 0 Å². The van der Waals surface area contributed by atoms with E-state index in [-0.39, 0.29) is 0 Å². The topological polar surface area (TPSA) is 14.1 Å². The van der Waals surface area contributed by atoms with Crippen LogP contribution in [0.5, 0.6) is 0 Å². The minimum Gasteiger partial charge on any atom is -0.665 e. The summed E-state index contributed by atoms with van der Waals surface area (Å²) in [4.78, 5) is 0. The molecule has 1 fully saturated rings. The molecule has 0 aromatic heterocycles. The van der Waals surface area contributed by atoms with E-state index < -0.39 is 0 Å². The van der Waals surface area contributed by atoms with E-state index in [1.165, 1.54) is 25.7 Å². The van der Waals surface area contributed by atoms with Crippen LogP contribution in [0.1, 0.15) is 25.7 Å². The molecule has 0 spiro atoms. The molecule has 0 aromatic rings. The van der Waals surface area contributed by atoms with Crippen molar-refractivity contribution in [2.24, 2.45) is 5.92 Å². The summed E-state index contributed by atoms with van der Waals surface area (Å²) in [7, 11) is 1.92. The van der Waals surface area contributed by atoms with Crippen LogP contribution in [0.4, 0.5) is 0 Å². The Kier molecular flexibility index (Phi) is 2.34. The fourth-order valence-corrected chi connectivity index (χ4v) is 1.45. The van der Waals surface area contributed by atoms with Gasteiger partial charge in [0.2, 0.25) is 0 Å². The van der Waals surface area contributed by atoms with Crippen molar-refractivity contribution < 1.29 is 0 Å². The molecule has 0 N–H and O–H groups in total. The maximum atomic E-state index is 4.12. The Bertz CT molecular complexity index is 55.4. The van der Waals surface area contributed by atoms with Crippen LogP contribution in [0.3, 0.4) is 0 Å². The molecule has 0 aliphatic heterocycles. The van der Waals surface area contributed by atoms with Gasteiger partial charge in [0.25, 0.3) is 0 Å². The molecular weight excluding hydrogens is 98.1 g/mol. The Morgan fingerprint density at radius 3 is 2.50 bits per heavy atom. The monoisotopic (exact) mass is 112 g/mol. The molecule has 48 valence electrons. The summed E-state index contributed by atoms with van der Waals surface area (Å²) in [6.07, 6.45) is 5.75. The molecule has 1 rings (SSSR count). The third-order valence-corrected chi connectivity index (χ3v) is 1.92. The number of hydrogen-bond acceptors (Lipinski definition) is 0. The molecular formula is C7H14N-. The quantitative estimate of drug-likeness (QED) is 0.520. The fraction of sp³-hybridized carbons (Fsp3) is 1.00. The van der Waals surface area contributed by atoms with Crippen LogP contribution >= 0.6 is 0 Å². The average molecular weight is 112 g/mol. The highest BCUT2D eigenvalue weighted by Gasteiger charge is 2.09. The summed E-state index contributed by atoms with van der Waals surface area (Å²) in [5.41, 5.74) is 0. The second-order valence-corrected chi connectivity index (χ2v) is 2.65. The van der Waals surface area contributed by atoms with Gasteiger partial charge in [-0.2, -0.15) is 7.05 Å². The Morgan fingerprint density at radius 1 is 1.38 bits per heavy atom. The molecule has 1 aliphatic carbocycles. The predicted molar refractivity (Wildman–Crippen MR) is 36.1 cm³/mol. The predicted octanol–water partition coefficient (Wildman–Crippen LogP) is 2.18. The van der Waals surface area contributed by atoms with Crippen LogP contribution in [-0.4, -0.2) is 13.6 Å². The SMILES string of the molecule is C[N-]CC1CCCC1. The first-order chi connectivity index (χ1) is 3.93. The van der Waals surface area contributed by atoms with Crippen molar-refractivity contribution in [3.8, 4) is 0 Å². The molecule has 1 aliphatic rings. The maximum absolute atomic E-state index is 4.12. The van der Waals surface area contributed by atoms with Crippen molar-refractivity contribution in [1.82, 2.24) is 0 Å². The van der Waals surface area contributed by atoms with Gasteiger partial charge in [0.05, 0.1) is 0 Å². The molecule has 0 atom stereocenters. The number of hydrogen-bond donors (Lipinski definition) is 0. The molecule has 0 saturated heterocycles. The highest BCUT2D eigenvalue weighted by molar-refractivity contribution is 4.79. The van der Waals surface area contributed by atoms with Crippen LogP contribution in [0.15, 0.2) is 0 Å². The lowest BCUT2D eigenvalue weighted by Crippen LogP contribution is -1.97. The largest absolute Gasteiger partial charge is 0.665 e. The molecule has 1 saturated carbocycles. The van der Waals surface area contributed by atoms with Gasteiger partial charge in [-0.25, -0.2) is 0 Å². The van der Waals surface area contributed by atoms with Crippen molar-refractivity contribution in [3.63, 3.8) is 0 Å². The molecule has 0 amide bonds. The normalized spacial score (nSPS) is 22.1. The fourth-order valence-electron chi connectivity index (χ4n) is 1.45. The Balaban J connectivity index is 2.06. The van der Waals surface area contributed by atoms with Gasteiger partial charge in [0.1, 0.15) is 0 Å². The Hall–Kier alpha value is -0.0400. The Labute approximate surface area is 51.5 Å². The van der Waals surface area contributed by atoms with Crippen LogP contribution in [0.25, 0.3) is 5.32 Å². The van der Waals surface area contributed by atoms with Crippen molar-refractivity contribution in [2.75, 3.05) is 13.6 Å². The highest BCUT2D eigenvalue weighted by atomic mass is 14.8. The zero-order valence-corrected chi connectivity index (χ0v) is 5.56. The summed E-state index contributed by atoms with van der Waals surface area (Å²) in [5, 5.41) is 4.12. The first kappa shape index (κ1) is 6.09. The van der Waals surface area contributed by atoms with E-state index in [9.17, 15) is 0 Å². The van der Waals surface area contributed by atoms with Gasteiger partial charge in [0.15, 0.2) is 0 Å². The molecule has 0 unspecified atom stereocenters. The molecule has 1 nitrogen and oxygen atoms in total. The maximum Gasteiger partial charge on any atom is -0.0521 e. The van der Waals surface area contributed by atoms with E-state index in [0.29, 0.717) is 0 Å². The minimum absolute atomic E-state index is 0.944. The summed E-state index contributed by atoms with van der Waals surface area (Å²) in [5.74, 6) is 0.944. The third-order valence-electron chi connectivity index (χ3n) is 1.92. The van der Waals surface area contributed by atoms with Gasteiger partial charge < -0.3 is 5.32 Å². The number of rotatable bonds is 2. The van der Waals surface area contributed by atoms with Crippen molar-refractivity contribution in [3.05, 3.63) is 5.32 Å². The van der Waals surface area contributed by atoms with E-state index in [0.717, 1.165) is 12.5 Å². The molecule has 8 heavy (non-hydrogen) atoms. The van der Waals surface area contributed by atoms with Crippen molar-refractivity contribution in [1.29, 1.82) is 0 Å². The average Bonchev–Trinajstić information content (AvgIpc) is 2.19.